The average Bonchev–Trinajstić information content (AvgIpc) is 2.41. The lowest BCUT2D eigenvalue weighted by molar-refractivity contribution is -0.143. The van der Waals surface area contributed by atoms with Gasteiger partial charge in [0.15, 0.2) is 11.6 Å². The number of Topliss-reactive ketones (excluding diaryl/α,β-unsaturated/α-hetero) is 2. The summed E-state index contributed by atoms with van der Waals surface area (Å²) < 4.78 is 0. The zero-order valence-corrected chi connectivity index (χ0v) is 12.3. The van der Waals surface area contributed by atoms with E-state index in [1.807, 2.05) is 0 Å². The summed E-state index contributed by atoms with van der Waals surface area (Å²) in [5.41, 5.74) is 0. The van der Waals surface area contributed by atoms with Crippen molar-refractivity contribution in [2.24, 2.45) is 11.8 Å². The lowest BCUT2D eigenvalue weighted by atomic mass is 9.47. The van der Waals surface area contributed by atoms with Gasteiger partial charge in [0.05, 0.1) is 0 Å². The predicted molar refractivity (Wildman–Crippen MR) is 71.4 cm³/mol. The van der Waals surface area contributed by atoms with Crippen LogP contribution in [0.15, 0.2) is 10.1 Å². The Balaban J connectivity index is 2.17. The Labute approximate surface area is 125 Å². The Morgan fingerprint density at radius 2 is 1.17 bits per heavy atom. The Morgan fingerprint density at radius 3 is 1.50 bits per heavy atom. The molecule has 0 N–H and O–H groups in total. The van der Waals surface area contributed by atoms with Crippen molar-refractivity contribution in [2.75, 3.05) is 0 Å². The van der Waals surface area contributed by atoms with Crippen molar-refractivity contribution in [1.82, 2.24) is 0 Å². The molecule has 0 bridgehead atoms. The summed E-state index contributed by atoms with van der Waals surface area (Å²) in [6, 6.07) is 0. The Morgan fingerprint density at radius 1 is 0.833 bits per heavy atom. The fourth-order valence-corrected chi connectivity index (χ4v) is 5.44. The number of fused-ring (bicyclic) bond motifs is 4. The van der Waals surface area contributed by atoms with Crippen molar-refractivity contribution in [3.8, 4) is 0 Å². The van der Waals surface area contributed by atoms with Crippen molar-refractivity contribution in [2.45, 2.75) is 35.4 Å². The highest BCUT2D eigenvalue weighted by Crippen LogP contribution is 2.68. The molecule has 98 valence electrons. The SMILES string of the molecule is O=C1C(Cl)=C(Cl)C(=O)[C@]2(Cl)[C@@H]3CCCC[C@@H]3[C@]12Cl. The molecule has 2 saturated carbocycles. The predicted octanol–water partition coefficient (Wildman–Crippen LogP) is 3.60. The van der Waals surface area contributed by atoms with Crippen LogP contribution in [0.25, 0.3) is 0 Å². The lowest BCUT2D eigenvalue weighted by Gasteiger charge is -2.64. The molecule has 0 unspecified atom stereocenters. The van der Waals surface area contributed by atoms with Gasteiger partial charge in [-0.1, -0.05) is 36.0 Å². The van der Waals surface area contributed by atoms with Crippen LogP contribution < -0.4 is 0 Å². The Hall–Kier alpha value is 0.240. The number of carbonyl (C=O) groups excluding carboxylic acids is 2. The highest BCUT2D eigenvalue weighted by atomic mass is 35.5. The molecule has 0 spiro atoms. The second-order valence-corrected chi connectivity index (χ2v) is 7.16. The Kier molecular flexibility index (Phi) is 2.85. The number of rotatable bonds is 0. The summed E-state index contributed by atoms with van der Waals surface area (Å²) in [5.74, 6) is -1.12. The summed E-state index contributed by atoms with van der Waals surface area (Å²) in [7, 11) is 0. The van der Waals surface area contributed by atoms with Crippen molar-refractivity contribution in [3.05, 3.63) is 10.1 Å². The van der Waals surface area contributed by atoms with E-state index in [1.54, 1.807) is 0 Å². The summed E-state index contributed by atoms with van der Waals surface area (Å²) in [6.07, 6.45) is 3.62. The number of allylic oxidation sites excluding steroid dienone is 2. The van der Waals surface area contributed by atoms with Crippen LogP contribution in [0.5, 0.6) is 0 Å². The first-order chi connectivity index (χ1) is 8.36. The summed E-state index contributed by atoms with van der Waals surface area (Å²) >= 11 is 24.5. The second-order valence-electron chi connectivity index (χ2n) is 5.21. The minimum absolute atomic E-state index is 0.0691. The maximum Gasteiger partial charge on any atom is 0.199 e. The molecule has 4 atom stereocenters. The van der Waals surface area contributed by atoms with Gasteiger partial charge >= 0.3 is 0 Å². The molecule has 6 heteroatoms. The second kappa shape index (κ2) is 3.88. The highest BCUT2D eigenvalue weighted by Gasteiger charge is 2.79. The van der Waals surface area contributed by atoms with Gasteiger partial charge < -0.3 is 0 Å². The first-order valence-corrected chi connectivity index (χ1v) is 7.40. The molecule has 0 amide bonds. The first-order valence-electron chi connectivity index (χ1n) is 5.89. The minimum atomic E-state index is -1.40. The van der Waals surface area contributed by atoms with E-state index < -0.39 is 21.3 Å². The molecule has 0 heterocycles. The van der Waals surface area contributed by atoms with Gasteiger partial charge in [-0.2, -0.15) is 0 Å². The smallest absolute Gasteiger partial charge is 0.199 e. The van der Waals surface area contributed by atoms with Crippen LogP contribution in [0.1, 0.15) is 25.7 Å². The fourth-order valence-electron chi connectivity index (χ4n) is 3.71. The van der Waals surface area contributed by atoms with Crippen LogP contribution in [-0.4, -0.2) is 21.3 Å². The van der Waals surface area contributed by atoms with Crippen LogP contribution in [0.4, 0.5) is 0 Å². The molecule has 2 fully saturated rings. The van der Waals surface area contributed by atoms with Gasteiger partial charge in [0.2, 0.25) is 0 Å². The largest absolute Gasteiger partial charge is 0.291 e. The van der Waals surface area contributed by atoms with Crippen LogP contribution in [-0.2, 0) is 9.59 Å². The molecule has 0 radical (unpaired) electrons. The summed E-state index contributed by atoms with van der Waals surface area (Å²) in [5, 5.41) is -0.533. The van der Waals surface area contributed by atoms with Crippen molar-refractivity contribution in [3.63, 3.8) is 0 Å². The molecule has 3 aliphatic carbocycles. The molecule has 3 rings (SSSR count). The minimum Gasteiger partial charge on any atom is -0.291 e. The van der Waals surface area contributed by atoms with E-state index >= 15 is 0 Å². The third kappa shape index (κ3) is 1.19. The molecule has 0 aromatic carbocycles. The molecule has 2 nitrogen and oxygen atoms in total. The molecule has 3 aliphatic rings. The normalized spacial score (nSPS) is 47.6. The fraction of sp³-hybridized carbons (Fsp3) is 0.667. The van der Waals surface area contributed by atoms with Crippen LogP contribution in [0.2, 0.25) is 0 Å². The van der Waals surface area contributed by atoms with E-state index in [4.69, 9.17) is 46.4 Å². The lowest BCUT2D eigenvalue weighted by Crippen LogP contribution is -2.78. The summed E-state index contributed by atoms with van der Waals surface area (Å²) in [4.78, 5) is 21.8. The van der Waals surface area contributed by atoms with Crippen molar-refractivity contribution in [1.29, 1.82) is 0 Å². The summed E-state index contributed by atoms with van der Waals surface area (Å²) in [6.45, 7) is 0. The zero-order valence-electron chi connectivity index (χ0n) is 9.31. The van der Waals surface area contributed by atoms with Gasteiger partial charge in [0.25, 0.3) is 0 Å². The number of alkyl halides is 2. The number of halogens is 4. The highest BCUT2D eigenvalue weighted by molar-refractivity contribution is 6.67. The van der Waals surface area contributed by atoms with E-state index in [-0.39, 0.29) is 21.9 Å². The maximum absolute atomic E-state index is 12.3. The molecule has 0 aromatic heterocycles. The molecule has 0 saturated heterocycles. The average molecular weight is 328 g/mol. The monoisotopic (exact) mass is 326 g/mol. The van der Waals surface area contributed by atoms with E-state index in [0.717, 1.165) is 25.7 Å². The van der Waals surface area contributed by atoms with Crippen molar-refractivity contribution >= 4 is 58.0 Å². The van der Waals surface area contributed by atoms with Gasteiger partial charge in [-0.15, -0.1) is 23.2 Å². The molecule has 18 heavy (non-hydrogen) atoms. The van der Waals surface area contributed by atoms with Crippen LogP contribution >= 0.6 is 46.4 Å². The molecular weight excluding hydrogens is 318 g/mol. The van der Waals surface area contributed by atoms with Crippen LogP contribution in [0.3, 0.4) is 0 Å². The number of carbonyl (C=O) groups is 2. The first kappa shape index (κ1) is 13.2. The number of ketones is 2. The van der Waals surface area contributed by atoms with Gasteiger partial charge in [-0.25, -0.2) is 0 Å². The van der Waals surface area contributed by atoms with Gasteiger partial charge in [0, 0.05) is 0 Å². The zero-order chi connectivity index (χ0) is 13.3. The third-order valence-corrected chi connectivity index (χ3v) is 6.98. The van der Waals surface area contributed by atoms with E-state index in [2.05, 4.69) is 0 Å². The van der Waals surface area contributed by atoms with E-state index in [1.165, 1.54) is 0 Å². The Bertz CT molecular complexity index is 456. The third-order valence-electron chi connectivity index (χ3n) is 4.57. The maximum atomic E-state index is 12.3. The van der Waals surface area contributed by atoms with Gasteiger partial charge in [0.1, 0.15) is 19.8 Å². The quantitative estimate of drug-likeness (QED) is 0.637. The number of hydrogen-bond acceptors (Lipinski definition) is 2. The molecule has 0 aliphatic heterocycles. The molecular formula is C12H10Cl4O2. The topological polar surface area (TPSA) is 34.1 Å². The van der Waals surface area contributed by atoms with E-state index in [9.17, 15) is 9.59 Å². The van der Waals surface area contributed by atoms with Gasteiger partial charge in [-0.3, -0.25) is 9.59 Å². The van der Waals surface area contributed by atoms with Gasteiger partial charge in [-0.05, 0) is 24.7 Å². The van der Waals surface area contributed by atoms with E-state index in [0.29, 0.717) is 0 Å². The molecule has 0 aromatic rings. The van der Waals surface area contributed by atoms with Crippen LogP contribution in [0, 0.1) is 11.8 Å². The van der Waals surface area contributed by atoms with Crippen molar-refractivity contribution < 1.29 is 9.59 Å². The number of hydrogen-bond donors (Lipinski definition) is 0. The standard InChI is InChI=1S/C12H10Cl4O2/c13-7-8(14)10(18)12(16)6-4-2-1-3-5(6)11(12,15)9(7)17/h5-6H,1-4H2/t5-,6+,11-,12+.